The van der Waals surface area contributed by atoms with Gasteiger partial charge in [0.15, 0.2) is 0 Å². The lowest BCUT2D eigenvalue weighted by Gasteiger charge is -2.10. The quantitative estimate of drug-likeness (QED) is 0.611. The number of methoxy groups -OCH3 is 1. The highest BCUT2D eigenvalue weighted by Crippen LogP contribution is 2.27. The van der Waals surface area contributed by atoms with E-state index in [1.54, 1.807) is 0 Å². The van der Waals surface area contributed by atoms with E-state index in [0.717, 1.165) is 0 Å². The van der Waals surface area contributed by atoms with Crippen LogP contribution >= 0.6 is 11.6 Å². The lowest BCUT2D eigenvalue weighted by Crippen LogP contribution is -2.09. The van der Waals surface area contributed by atoms with Gasteiger partial charge in [-0.1, -0.05) is 0 Å². The number of rotatable bonds is 3. The molecule has 0 fully saturated rings. The van der Waals surface area contributed by atoms with Gasteiger partial charge in [-0.2, -0.15) is 0 Å². The molecule has 0 atom stereocenters. The lowest BCUT2D eigenvalue weighted by atomic mass is 10.1. The second-order valence-corrected chi connectivity index (χ2v) is 3.38. The molecule has 0 spiro atoms. The molecule has 0 radical (unpaired) electrons. The normalized spacial score (nSPS) is 10.6. The van der Waals surface area contributed by atoms with Crippen LogP contribution in [0.4, 0.5) is 8.78 Å². The number of esters is 1. The van der Waals surface area contributed by atoms with Gasteiger partial charge < -0.3 is 4.74 Å². The number of carbonyl (C=O) groups is 1. The second kappa shape index (κ2) is 5.21. The molecule has 0 unspecified atom stereocenters. The van der Waals surface area contributed by atoms with E-state index in [-0.39, 0.29) is 28.4 Å². The zero-order chi connectivity index (χ0) is 12.3. The van der Waals surface area contributed by atoms with Gasteiger partial charge in [0.25, 0.3) is 6.43 Å². The molecule has 0 N–H and O–H groups in total. The summed E-state index contributed by atoms with van der Waals surface area (Å²) in [6, 6.07) is 1.27. The monoisotopic (exact) mass is 249 g/mol. The van der Waals surface area contributed by atoms with Gasteiger partial charge in [-0.25, -0.2) is 18.6 Å². The van der Waals surface area contributed by atoms with E-state index in [4.69, 9.17) is 11.6 Å². The van der Waals surface area contributed by atoms with Crippen molar-refractivity contribution in [2.75, 3.05) is 7.11 Å². The van der Waals surface area contributed by atoms with Gasteiger partial charge in [-0.15, -0.1) is 11.6 Å². The van der Waals surface area contributed by atoms with Crippen LogP contribution in [0, 0.1) is 6.92 Å². The molecule has 0 saturated carbocycles. The van der Waals surface area contributed by atoms with Crippen LogP contribution in [0.15, 0.2) is 6.07 Å². The Labute approximate surface area is 96.4 Å². The van der Waals surface area contributed by atoms with Crippen LogP contribution in [-0.4, -0.2) is 18.1 Å². The van der Waals surface area contributed by atoms with Crippen LogP contribution in [0.2, 0.25) is 0 Å². The molecule has 1 aromatic heterocycles. The number of pyridine rings is 1. The van der Waals surface area contributed by atoms with Gasteiger partial charge in [0.1, 0.15) is 5.69 Å². The number of alkyl halides is 3. The maximum atomic E-state index is 12.7. The van der Waals surface area contributed by atoms with Crippen LogP contribution in [0.5, 0.6) is 0 Å². The number of hydrogen-bond donors (Lipinski definition) is 0. The standard InChI is InChI=1S/C10H10ClF2NO2/c1-5-3-6(10(15)16-2)14-7(4-11)8(5)9(12)13/h3,9H,4H2,1-2H3. The number of carbonyl (C=O) groups excluding carboxylic acids is 1. The zero-order valence-electron chi connectivity index (χ0n) is 8.76. The first-order chi connectivity index (χ1) is 7.51. The summed E-state index contributed by atoms with van der Waals surface area (Å²) >= 11 is 5.52. The van der Waals surface area contributed by atoms with Crippen molar-refractivity contribution in [3.63, 3.8) is 0 Å². The van der Waals surface area contributed by atoms with Crippen molar-refractivity contribution >= 4 is 17.6 Å². The first-order valence-electron chi connectivity index (χ1n) is 4.44. The second-order valence-electron chi connectivity index (χ2n) is 3.11. The van der Waals surface area contributed by atoms with Crippen molar-refractivity contribution in [3.8, 4) is 0 Å². The predicted molar refractivity (Wildman–Crippen MR) is 54.8 cm³/mol. The van der Waals surface area contributed by atoms with E-state index in [0.29, 0.717) is 0 Å². The Hall–Kier alpha value is -1.23. The van der Waals surface area contributed by atoms with Gasteiger partial charge in [0, 0.05) is 5.56 Å². The number of aryl methyl sites for hydroxylation is 1. The fourth-order valence-electron chi connectivity index (χ4n) is 1.36. The average Bonchev–Trinajstić information content (AvgIpc) is 2.26. The Morgan fingerprint density at radius 3 is 2.69 bits per heavy atom. The highest BCUT2D eigenvalue weighted by Gasteiger charge is 2.20. The zero-order valence-corrected chi connectivity index (χ0v) is 9.52. The molecule has 0 aliphatic rings. The molecule has 6 heteroatoms. The lowest BCUT2D eigenvalue weighted by molar-refractivity contribution is 0.0593. The summed E-state index contributed by atoms with van der Waals surface area (Å²) in [4.78, 5) is 15.0. The molecule has 0 aromatic carbocycles. The van der Waals surface area contributed by atoms with Crippen molar-refractivity contribution in [2.24, 2.45) is 0 Å². The van der Waals surface area contributed by atoms with E-state index in [2.05, 4.69) is 9.72 Å². The average molecular weight is 250 g/mol. The number of nitrogens with zero attached hydrogens (tertiary/aromatic N) is 1. The third-order valence-corrected chi connectivity index (χ3v) is 2.34. The smallest absolute Gasteiger partial charge is 0.356 e. The van der Waals surface area contributed by atoms with Gasteiger partial charge in [-0.3, -0.25) is 0 Å². The Kier molecular flexibility index (Phi) is 4.18. The summed E-state index contributed by atoms with van der Waals surface area (Å²) in [6.45, 7) is 1.48. The van der Waals surface area contributed by atoms with Crippen LogP contribution in [0.1, 0.15) is 33.7 Å². The topological polar surface area (TPSA) is 39.2 Å². The van der Waals surface area contributed by atoms with Crippen molar-refractivity contribution in [3.05, 3.63) is 28.6 Å². The maximum Gasteiger partial charge on any atom is 0.356 e. The molecular formula is C10H10ClF2NO2. The summed E-state index contributed by atoms with van der Waals surface area (Å²) in [5.74, 6) is -0.846. The minimum atomic E-state index is -2.66. The fourth-order valence-corrected chi connectivity index (χ4v) is 1.56. The van der Waals surface area contributed by atoms with Crippen molar-refractivity contribution in [1.82, 2.24) is 4.98 Å². The molecule has 0 aliphatic carbocycles. The molecule has 3 nitrogen and oxygen atoms in total. The highest BCUT2D eigenvalue weighted by atomic mass is 35.5. The summed E-state index contributed by atoms with van der Waals surface area (Å²) < 4.78 is 29.8. The number of aromatic nitrogens is 1. The molecule has 0 aliphatic heterocycles. The summed E-state index contributed by atoms with van der Waals surface area (Å²) in [7, 11) is 1.20. The Bertz CT molecular complexity index is 410. The fraction of sp³-hybridized carbons (Fsp3) is 0.400. The van der Waals surface area contributed by atoms with E-state index in [1.165, 1.54) is 20.1 Å². The van der Waals surface area contributed by atoms with Crippen LogP contribution < -0.4 is 0 Å². The van der Waals surface area contributed by atoms with E-state index < -0.39 is 12.4 Å². The largest absolute Gasteiger partial charge is 0.464 e. The highest BCUT2D eigenvalue weighted by molar-refractivity contribution is 6.17. The molecule has 1 aromatic rings. The Balaban J connectivity index is 3.32. The SMILES string of the molecule is COC(=O)c1cc(C)c(C(F)F)c(CCl)n1. The van der Waals surface area contributed by atoms with Crippen LogP contribution in [0.3, 0.4) is 0 Å². The molecule has 0 saturated heterocycles. The molecule has 1 rings (SSSR count). The van der Waals surface area contributed by atoms with Crippen molar-refractivity contribution in [1.29, 1.82) is 0 Å². The summed E-state index contributed by atoms with van der Waals surface area (Å²) in [5, 5.41) is 0. The van der Waals surface area contributed by atoms with Crippen molar-refractivity contribution < 1.29 is 18.3 Å². The van der Waals surface area contributed by atoms with Crippen LogP contribution in [0.25, 0.3) is 0 Å². The van der Waals surface area contributed by atoms with Gasteiger partial charge in [0.05, 0.1) is 18.7 Å². The van der Waals surface area contributed by atoms with Gasteiger partial charge in [-0.05, 0) is 18.6 Å². The van der Waals surface area contributed by atoms with Crippen molar-refractivity contribution in [2.45, 2.75) is 19.2 Å². The predicted octanol–water partition coefficient (Wildman–Crippen LogP) is 2.85. The Morgan fingerprint density at radius 1 is 1.62 bits per heavy atom. The van der Waals surface area contributed by atoms with Gasteiger partial charge in [0.2, 0.25) is 0 Å². The third kappa shape index (κ3) is 2.47. The minimum absolute atomic E-state index is 0.0112. The molecular weight excluding hydrogens is 240 g/mol. The Morgan fingerprint density at radius 2 is 2.25 bits per heavy atom. The number of ether oxygens (including phenoxy) is 1. The summed E-state index contributed by atoms with van der Waals surface area (Å²) in [5.41, 5.74) is 0.0563. The maximum absolute atomic E-state index is 12.7. The van der Waals surface area contributed by atoms with Crippen LogP contribution in [-0.2, 0) is 10.6 Å². The first kappa shape index (κ1) is 12.8. The number of halogens is 3. The molecule has 1 heterocycles. The van der Waals surface area contributed by atoms with E-state index in [9.17, 15) is 13.6 Å². The molecule has 16 heavy (non-hydrogen) atoms. The number of hydrogen-bond acceptors (Lipinski definition) is 3. The minimum Gasteiger partial charge on any atom is -0.464 e. The van der Waals surface area contributed by atoms with E-state index in [1.807, 2.05) is 0 Å². The molecule has 0 bridgehead atoms. The van der Waals surface area contributed by atoms with E-state index >= 15 is 0 Å². The summed E-state index contributed by atoms with van der Waals surface area (Å²) in [6.07, 6.45) is -2.66. The third-order valence-electron chi connectivity index (χ3n) is 2.08. The first-order valence-corrected chi connectivity index (χ1v) is 4.97. The molecule has 0 amide bonds. The van der Waals surface area contributed by atoms with Gasteiger partial charge >= 0.3 is 5.97 Å². The molecule has 88 valence electrons.